The standard InChI is InChI=1S/C16H27NO/c1-5-13(4)12-18-15-10-8-14(9-11-15)16(6-2)17-7-3/h8-11,13,16-17H,5-7,12H2,1-4H3. The molecule has 2 unspecified atom stereocenters. The van der Waals surface area contributed by atoms with Crippen LogP contribution in [0.3, 0.4) is 0 Å². The summed E-state index contributed by atoms with van der Waals surface area (Å²) in [5.74, 6) is 1.60. The maximum Gasteiger partial charge on any atom is 0.119 e. The van der Waals surface area contributed by atoms with Gasteiger partial charge in [-0.15, -0.1) is 0 Å². The Morgan fingerprint density at radius 2 is 1.72 bits per heavy atom. The van der Waals surface area contributed by atoms with E-state index in [-0.39, 0.29) is 0 Å². The molecule has 1 N–H and O–H groups in total. The lowest BCUT2D eigenvalue weighted by Crippen LogP contribution is -2.19. The lowest BCUT2D eigenvalue weighted by atomic mass is 10.0. The number of benzene rings is 1. The summed E-state index contributed by atoms with van der Waals surface area (Å²) in [6, 6.07) is 8.96. The first kappa shape index (κ1) is 15.0. The van der Waals surface area contributed by atoms with Gasteiger partial charge in [-0.1, -0.05) is 46.2 Å². The van der Waals surface area contributed by atoms with Gasteiger partial charge >= 0.3 is 0 Å². The highest BCUT2D eigenvalue weighted by atomic mass is 16.5. The minimum absolute atomic E-state index is 0.457. The molecule has 1 rings (SSSR count). The Kier molecular flexibility index (Phi) is 6.81. The predicted octanol–water partition coefficient (Wildman–Crippen LogP) is 4.17. The van der Waals surface area contributed by atoms with E-state index in [1.807, 2.05) is 0 Å². The molecule has 2 heteroatoms. The van der Waals surface area contributed by atoms with Crippen molar-refractivity contribution in [2.24, 2.45) is 5.92 Å². The van der Waals surface area contributed by atoms with Gasteiger partial charge in [0.05, 0.1) is 6.61 Å². The quantitative estimate of drug-likeness (QED) is 0.746. The zero-order valence-corrected chi connectivity index (χ0v) is 12.2. The molecular formula is C16H27NO. The van der Waals surface area contributed by atoms with Gasteiger partial charge in [-0.2, -0.15) is 0 Å². The van der Waals surface area contributed by atoms with E-state index in [1.165, 1.54) is 5.56 Å². The molecule has 2 nitrogen and oxygen atoms in total. The average Bonchev–Trinajstić information content (AvgIpc) is 2.42. The fourth-order valence-corrected chi connectivity index (χ4v) is 1.90. The second-order valence-corrected chi connectivity index (χ2v) is 4.91. The van der Waals surface area contributed by atoms with E-state index in [1.54, 1.807) is 0 Å². The van der Waals surface area contributed by atoms with Crippen LogP contribution in [0, 0.1) is 5.92 Å². The molecule has 18 heavy (non-hydrogen) atoms. The molecular weight excluding hydrogens is 222 g/mol. The summed E-state index contributed by atoms with van der Waals surface area (Å²) in [5.41, 5.74) is 1.34. The van der Waals surface area contributed by atoms with Crippen molar-refractivity contribution in [2.45, 2.75) is 46.6 Å². The summed E-state index contributed by atoms with van der Waals surface area (Å²) < 4.78 is 5.77. The van der Waals surface area contributed by atoms with Crippen LogP contribution in [0.25, 0.3) is 0 Å². The normalized spacial score (nSPS) is 14.2. The zero-order chi connectivity index (χ0) is 13.4. The van der Waals surface area contributed by atoms with Crippen LogP contribution in [0.2, 0.25) is 0 Å². The number of ether oxygens (including phenoxy) is 1. The van der Waals surface area contributed by atoms with Gasteiger partial charge in [0.2, 0.25) is 0 Å². The highest BCUT2D eigenvalue weighted by Gasteiger charge is 2.07. The average molecular weight is 249 g/mol. The molecule has 2 atom stereocenters. The summed E-state index contributed by atoms with van der Waals surface area (Å²) in [5, 5.41) is 3.49. The third kappa shape index (κ3) is 4.69. The monoisotopic (exact) mass is 249 g/mol. The van der Waals surface area contributed by atoms with Crippen LogP contribution in [0.1, 0.15) is 52.1 Å². The lowest BCUT2D eigenvalue weighted by Gasteiger charge is -2.17. The maximum absolute atomic E-state index is 5.77. The first-order valence-electron chi connectivity index (χ1n) is 7.17. The Labute approximate surface area is 112 Å². The zero-order valence-electron chi connectivity index (χ0n) is 12.2. The molecule has 0 saturated carbocycles. The Morgan fingerprint density at radius 3 is 2.22 bits per heavy atom. The molecule has 0 aliphatic heterocycles. The van der Waals surface area contributed by atoms with Gasteiger partial charge in [-0.05, 0) is 36.6 Å². The molecule has 102 valence electrons. The van der Waals surface area contributed by atoms with E-state index in [4.69, 9.17) is 4.74 Å². The Morgan fingerprint density at radius 1 is 1.06 bits per heavy atom. The van der Waals surface area contributed by atoms with Gasteiger partial charge in [0, 0.05) is 6.04 Å². The van der Waals surface area contributed by atoms with Crippen LogP contribution >= 0.6 is 0 Å². The maximum atomic E-state index is 5.77. The van der Waals surface area contributed by atoms with E-state index in [0.717, 1.165) is 31.7 Å². The van der Waals surface area contributed by atoms with Crippen LogP contribution in [0.5, 0.6) is 5.75 Å². The molecule has 0 heterocycles. The summed E-state index contributed by atoms with van der Waals surface area (Å²) >= 11 is 0. The van der Waals surface area contributed by atoms with Crippen LogP contribution < -0.4 is 10.1 Å². The minimum atomic E-state index is 0.457. The topological polar surface area (TPSA) is 21.3 Å². The molecule has 1 aromatic carbocycles. The smallest absolute Gasteiger partial charge is 0.119 e. The molecule has 0 fully saturated rings. The molecule has 0 amide bonds. The van der Waals surface area contributed by atoms with Crippen LogP contribution in [-0.2, 0) is 0 Å². The van der Waals surface area contributed by atoms with Gasteiger partial charge in [0.15, 0.2) is 0 Å². The summed E-state index contributed by atoms with van der Waals surface area (Å²) in [7, 11) is 0. The molecule has 0 radical (unpaired) electrons. The summed E-state index contributed by atoms with van der Waals surface area (Å²) in [6.45, 7) is 10.6. The van der Waals surface area contributed by atoms with Crippen molar-refractivity contribution in [2.75, 3.05) is 13.2 Å². The predicted molar refractivity (Wildman–Crippen MR) is 78.1 cm³/mol. The fourth-order valence-electron chi connectivity index (χ4n) is 1.90. The van der Waals surface area contributed by atoms with Crippen molar-refractivity contribution in [1.82, 2.24) is 5.32 Å². The Bertz CT molecular complexity index is 320. The van der Waals surface area contributed by atoms with E-state index >= 15 is 0 Å². The second kappa shape index (κ2) is 8.15. The minimum Gasteiger partial charge on any atom is -0.493 e. The largest absolute Gasteiger partial charge is 0.493 e. The summed E-state index contributed by atoms with van der Waals surface area (Å²) in [4.78, 5) is 0. The van der Waals surface area contributed by atoms with Gasteiger partial charge in [-0.3, -0.25) is 0 Å². The lowest BCUT2D eigenvalue weighted by molar-refractivity contribution is 0.256. The third-order valence-corrected chi connectivity index (χ3v) is 3.37. The van der Waals surface area contributed by atoms with Crippen LogP contribution in [-0.4, -0.2) is 13.2 Å². The number of nitrogens with one attached hydrogen (secondary N) is 1. The number of hydrogen-bond donors (Lipinski definition) is 1. The highest BCUT2D eigenvalue weighted by Crippen LogP contribution is 2.20. The van der Waals surface area contributed by atoms with Gasteiger partial charge < -0.3 is 10.1 Å². The van der Waals surface area contributed by atoms with E-state index in [0.29, 0.717) is 12.0 Å². The number of rotatable bonds is 8. The third-order valence-electron chi connectivity index (χ3n) is 3.37. The molecule has 0 aromatic heterocycles. The van der Waals surface area contributed by atoms with E-state index < -0.39 is 0 Å². The Hall–Kier alpha value is -1.02. The van der Waals surface area contributed by atoms with E-state index in [2.05, 4.69) is 57.3 Å². The van der Waals surface area contributed by atoms with Gasteiger partial charge in [0.1, 0.15) is 5.75 Å². The molecule has 0 saturated heterocycles. The van der Waals surface area contributed by atoms with Gasteiger partial charge in [-0.25, -0.2) is 0 Å². The molecule has 0 aliphatic rings. The van der Waals surface area contributed by atoms with Crippen LogP contribution in [0.4, 0.5) is 0 Å². The molecule has 0 bridgehead atoms. The molecule has 0 spiro atoms. The van der Waals surface area contributed by atoms with E-state index in [9.17, 15) is 0 Å². The molecule has 1 aromatic rings. The molecule has 0 aliphatic carbocycles. The van der Waals surface area contributed by atoms with Gasteiger partial charge in [0.25, 0.3) is 0 Å². The number of hydrogen-bond acceptors (Lipinski definition) is 2. The second-order valence-electron chi connectivity index (χ2n) is 4.91. The fraction of sp³-hybridized carbons (Fsp3) is 0.625. The Balaban J connectivity index is 2.56. The summed E-state index contributed by atoms with van der Waals surface area (Å²) in [6.07, 6.45) is 2.28. The van der Waals surface area contributed by atoms with Crippen molar-refractivity contribution in [3.05, 3.63) is 29.8 Å². The van der Waals surface area contributed by atoms with Crippen molar-refractivity contribution < 1.29 is 4.74 Å². The first-order chi connectivity index (χ1) is 8.71. The highest BCUT2D eigenvalue weighted by molar-refractivity contribution is 5.29. The van der Waals surface area contributed by atoms with Crippen molar-refractivity contribution in [3.63, 3.8) is 0 Å². The van der Waals surface area contributed by atoms with Crippen LogP contribution in [0.15, 0.2) is 24.3 Å². The van der Waals surface area contributed by atoms with Crippen molar-refractivity contribution in [3.8, 4) is 5.75 Å². The van der Waals surface area contributed by atoms with Crippen molar-refractivity contribution >= 4 is 0 Å². The van der Waals surface area contributed by atoms with Crippen molar-refractivity contribution in [1.29, 1.82) is 0 Å². The first-order valence-corrected chi connectivity index (χ1v) is 7.17. The SMILES string of the molecule is CCNC(CC)c1ccc(OCC(C)CC)cc1.